The van der Waals surface area contributed by atoms with Crippen LogP contribution in [0, 0.1) is 5.82 Å². The second kappa shape index (κ2) is 5.28. The minimum atomic E-state index is -4.57. The van der Waals surface area contributed by atoms with Gasteiger partial charge in [0.05, 0.1) is 10.0 Å². The van der Waals surface area contributed by atoms with Crippen LogP contribution in [0.25, 0.3) is 0 Å². The number of nitrogens with zero attached hydrogens (tertiary/aromatic N) is 1. The summed E-state index contributed by atoms with van der Waals surface area (Å²) >= 11 is 2.95. The van der Waals surface area contributed by atoms with E-state index in [0.717, 1.165) is 6.07 Å². The van der Waals surface area contributed by atoms with Crippen molar-refractivity contribution in [3.05, 3.63) is 46.2 Å². The maximum Gasteiger partial charge on any atom is 0.416 e. The Kier molecular flexibility index (Phi) is 3.85. The first-order valence-corrected chi connectivity index (χ1v) is 6.02. The minimum Gasteiger partial charge on any atom is -0.439 e. The van der Waals surface area contributed by atoms with Crippen LogP contribution in [-0.4, -0.2) is 4.98 Å². The van der Waals surface area contributed by atoms with Gasteiger partial charge in [0.15, 0.2) is 0 Å². The van der Waals surface area contributed by atoms with Crippen molar-refractivity contribution in [2.75, 3.05) is 5.73 Å². The lowest BCUT2D eigenvalue weighted by atomic mass is 10.2. The molecule has 2 aromatic rings. The molecule has 0 amide bonds. The molecule has 2 rings (SSSR count). The Labute approximate surface area is 119 Å². The van der Waals surface area contributed by atoms with Crippen LogP contribution in [0.15, 0.2) is 34.8 Å². The van der Waals surface area contributed by atoms with Gasteiger partial charge in [0.1, 0.15) is 17.4 Å². The Balaban J connectivity index is 2.33. The molecule has 20 heavy (non-hydrogen) atoms. The predicted octanol–water partition coefficient (Wildman–Crippen LogP) is 4.38. The predicted molar refractivity (Wildman–Crippen MR) is 67.8 cm³/mol. The fraction of sp³-hybridized carbons (Fsp3) is 0.0833. The van der Waals surface area contributed by atoms with Gasteiger partial charge in [0.25, 0.3) is 0 Å². The van der Waals surface area contributed by atoms with Gasteiger partial charge in [-0.05, 0) is 34.1 Å². The first-order chi connectivity index (χ1) is 9.25. The van der Waals surface area contributed by atoms with E-state index < -0.39 is 17.6 Å². The number of aromatic nitrogens is 1. The summed E-state index contributed by atoms with van der Waals surface area (Å²) in [4.78, 5) is 3.62. The van der Waals surface area contributed by atoms with Gasteiger partial charge in [-0.1, -0.05) is 0 Å². The van der Waals surface area contributed by atoms with Gasteiger partial charge in [-0.2, -0.15) is 18.2 Å². The molecule has 8 heteroatoms. The molecule has 1 heterocycles. The second-order valence-electron chi connectivity index (χ2n) is 3.79. The van der Waals surface area contributed by atoms with E-state index in [1.54, 1.807) is 0 Å². The SMILES string of the molecule is Nc1cc(C(F)(F)F)cc(Oc2ccc(Br)c(F)c2)n1. The van der Waals surface area contributed by atoms with E-state index >= 15 is 0 Å². The zero-order chi connectivity index (χ0) is 14.9. The number of nitrogens with two attached hydrogens (primary N) is 1. The minimum absolute atomic E-state index is 0.0110. The topological polar surface area (TPSA) is 48.1 Å². The summed E-state index contributed by atoms with van der Waals surface area (Å²) in [6.45, 7) is 0. The highest BCUT2D eigenvalue weighted by atomic mass is 79.9. The Morgan fingerprint density at radius 2 is 1.85 bits per heavy atom. The van der Waals surface area contributed by atoms with Crippen molar-refractivity contribution in [1.29, 1.82) is 0 Å². The van der Waals surface area contributed by atoms with E-state index in [0.29, 0.717) is 12.1 Å². The Morgan fingerprint density at radius 1 is 1.15 bits per heavy atom. The lowest BCUT2D eigenvalue weighted by molar-refractivity contribution is -0.137. The van der Waals surface area contributed by atoms with E-state index in [1.165, 1.54) is 12.1 Å². The van der Waals surface area contributed by atoms with Crippen LogP contribution in [0.3, 0.4) is 0 Å². The molecule has 0 aliphatic heterocycles. The molecule has 0 radical (unpaired) electrons. The molecule has 0 spiro atoms. The van der Waals surface area contributed by atoms with Gasteiger partial charge < -0.3 is 10.5 Å². The summed E-state index contributed by atoms with van der Waals surface area (Å²) in [5.74, 6) is -1.30. The molecule has 0 aliphatic carbocycles. The van der Waals surface area contributed by atoms with Crippen molar-refractivity contribution < 1.29 is 22.3 Å². The van der Waals surface area contributed by atoms with E-state index in [4.69, 9.17) is 10.5 Å². The Morgan fingerprint density at radius 3 is 2.45 bits per heavy atom. The van der Waals surface area contributed by atoms with E-state index in [9.17, 15) is 17.6 Å². The number of benzene rings is 1. The van der Waals surface area contributed by atoms with Crippen molar-refractivity contribution in [2.45, 2.75) is 6.18 Å². The molecule has 0 bridgehead atoms. The fourth-order valence-electron chi connectivity index (χ4n) is 1.40. The van der Waals surface area contributed by atoms with Gasteiger partial charge in [-0.3, -0.25) is 0 Å². The number of rotatable bonds is 2. The molecule has 1 aromatic carbocycles. The van der Waals surface area contributed by atoms with Crippen LogP contribution in [0.4, 0.5) is 23.4 Å². The zero-order valence-electron chi connectivity index (χ0n) is 9.71. The molecule has 0 fully saturated rings. The summed E-state index contributed by atoms with van der Waals surface area (Å²) in [5, 5.41) is 0. The van der Waals surface area contributed by atoms with Crippen LogP contribution in [0.2, 0.25) is 0 Å². The summed E-state index contributed by atoms with van der Waals surface area (Å²) in [6.07, 6.45) is -4.57. The number of alkyl halides is 3. The third-order valence-corrected chi connectivity index (χ3v) is 2.91. The van der Waals surface area contributed by atoms with Crippen LogP contribution >= 0.6 is 15.9 Å². The average Bonchev–Trinajstić information content (AvgIpc) is 2.32. The normalized spacial score (nSPS) is 11.4. The molecule has 3 nitrogen and oxygen atoms in total. The standard InChI is InChI=1S/C12H7BrF4N2O/c13-8-2-1-7(5-9(8)14)20-11-4-6(12(15,16)17)3-10(18)19-11/h1-5H,(H2,18,19). The van der Waals surface area contributed by atoms with Crippen LogP contribution in [0.1, 0.15) is 5.56 Å². The molecule has 2 N–H and O–H groups in total. The van der Waals surface area contributed by atoms with E-state index in [1.807, 2.05) is 0 Å². The number of hydrogen-bond acceptors (Lipinski definition) is 3. The number of hydrogen-bond donors (Lipinski definition) is 1. The fourth-order valence-corrected chi connectivity index (χ4v) is 1.65. The molecule has 0 atom stereocenters. The maximum atomic E-state index is 13.3. The zero-order valence-corrected chi connectivity index (χ0v) is 11.3. The van der Waals surface area contributed by atoms with Crippen LogP contribution < -0.4 is 10.5 Å². The number of ether oxygens (including phenoxy) is 1. The lowest BCUT2D eigenvalue weighted by Crippen LogP contribution is -2.07. The molecule has 0 aliphatic rings. The summed E-state index contributed by atoms with van der Waals surface area (Å²) in [5.41, 5.74) is 4.30. The molecule has 0 saturated heterocycles. The molecular formula is C12H7BrF4N2O. The highest BCUT2D eigenvalue weighted by Gasteiger charge is 2.31. The van der Waals surface area contributed by atoms with Gasteiger partial charge >= 0.3 is 6.18 Å². The number of halogens is 5. The average molecular weight is 351 g/mol. The van der Waals surface area contributed by atoms with Crippen LogP contribution in [0.5, 0.6) is 11.6 Å². The molecule has 0 saturated carbocycles. The summed E-state index contributed by atoms with van der Waals surface area (Å²) < 4.78 is 56.4. The highest BCUT2D eigenvalue weighted by molar-refractivity contribution is 9.10. The maximum absolute atomic E-state index is 13.3. The first kappa shape index (κ1) is 14.6. The molecule has 106 valence electrons. The van der Waals surface area contributed by atoms with Crippen molar-refractivity contribution >= 4 is 21.7 Å². The van der Waals surface area contributed by atoms with Crippen molar-refractivity contribution in [3.63, 3.8) is 0 Å². The monoisotopic (exact) mass is 350 g/mol. The van der Waals surface area contributed by atoms with E-state index in [2.05, 4.69) is 20.9 Å². The Hall–Kier alpha value is -1.83. The van der Waals surface area contributed by atoms with E-state index in [-0.39, 0.29) is 21.9 Å². The van der Waals surface area contributed by atoms with Crippen LogP contribution in [-0.2, 0) is 6.18 Å². The number of anilines is 1. The molecular weight excluding hydrogens is 344 g/mol. The number of nitrogen functional groups attached to an aromatic ring is 1. The smallest absolute Gasteiger partial charge is 0.416 e. The summed E-state index contributed by atoms with van der Waals surface area (Å²) in [6, 6.07) is 5.14. The van der Waals surface area contributed by atoms with Crippen molar-refractivity contribution in [1.82, 2.24) is 4.98 Å². The molecule has 0 unspecified atom stereocenters. The lowest BCUT2D eigenvalue weighted by Gasteiger charge is -2.10. The number of pyridine rings is 1. The van der Waals surface area contributed by atoms with Gasteiger partial charge in [0.2, 0.25) is 5.88 Å². The molecule has 1 aromatic heterocycles. The Bertz CT molecular complexity index is 646. The third-order valence-electron chi connectivity index (χ3n) is 2.26. The highest BCUT2D eigenvalue weighted by Crippen LogP contribution is 2.33. The summed E-state index contributed by atoms with van der Waals surface area (Å²) in [7, 11) is 0. The van der Waals surface area contributed by atoms with Crippen molar-refractivity contribution in [2.24, 2.45) is 0 Å². The largest absolute Gasteiger partial charge is 0.439 e. The third kappa shape index (κ3) is 3.38. The van der Waals surface area contributed by atoms with Gasteiger partial charge in [-0.25, -0.2) is 4.39 Å². The quantitative estimate of drug-likeness (QED) is 0.817. The first-order valence-electron chi connectivity index (χ1n) is 5.23. The van der Waals surface area contributed by atoms with Crippen molar-refractivity contribution in [3.8, 4) is 11.6 Å². The second-order valence-corrected chi connectivity index (χ2v) is 4.65. The van der Waals surface area contributed by atoms with Gasteiger partial charge in [0, 0.05) is 12.1 Å². The van der Waals surface area contributed by atoms with Gasteiger partial charge in [-0.15, -0.1) is 0 Å².